The molecule has 0 radical (unpaired) electrons. The molecular formula is C15H23N3O3S. The minimum Gasteiger partial charge on any atom is -0.334 e. The van der Waals surface area contributed by atoms with Gasteiger partial charge in [0.1, 0.15) is 0 Å². The number of carbonyl (C=O) groups is 1. The summed E-state index contributed by atoms with van der Waals surface area (Å²) in [7, 11) is -3.61. The number of carbonyl (C=O) groups excluding carboxylic acids is 1. The van der Waals surface area contributed by atoms with E-state index in [4.69, 9.17) is 10.9 Å². The van der Waals surface area contributed by atoms with Crippen molar-refractivity contribution in [3.63, 3.8) is 0 Å². The van der Waals surface area contributed by atoms with Gasteiger partial charge in [-0.2, -0.15) is 0 Å². The zero-order valence-electron chi connectivity index (χ0n) is 12.7. The Morgan fingerprint density at radius 3 is 2.77 bits per heavy atom. The van der Waals surface area contributed by atoms with Crippen molar-refractivity contribution in [2.45, 2.75) is 44.0 Å². The van der Waals surface area contributed by atoms with E-state index in [9.17, 15) is 13.2 Å². The number of hydrogen-bond donors (Lipinski definition) is 2. The second-order valence-corrected chi connectivity index (χ2v) is 7.54. The van der Waals surface area contributed by atoms with Crippen LogP contribution in [0.4, 0.5) is 0 Å². The number of sulfonamides is 1. The molecule has 1 aliphatic rings. The molecule has 1 fully saturated rings. The second kappa shape index (κ2) is 6.76. The maximum Gasteiger partial charge on any atom is 0.254 e. The Hall–Kier alpha value is -1.44. The maximum absolute atomic E-state index is 12.7. The minimum absolute atomic E-state index is 0.0307. The lowest BCUT2D eigenvalue weighted by Crippen LogP contribution is -2.51. The number of nitrogens with zero attached hydrogens (tertiary/aromatic N) is 1. The lowest BCUT2D eigenvalue weighted by molar-refractivity contribution is 0.0583. The van der Waals surface area contributed by atoms with Gasteiger partial charge in [-0.15, -0.1) is 0 Å². The quantitative estimate of drug-likeness (QED) is 0.854. The van der Waals surface area contributed by atoms with Gasteiger partial charge < -0.3 is 10.6 Å². The molecule has 2 atom stereocenters. The standard InChI is InChI=1S/C15H23N3O3S/c1-11(16)14-7-2-3-8-18(14)15(19)13-6-4-5-12(9-13)10-22(17,20)21/h4-6,9,11,14H,2-3,7-8,10,16H2,1H3,(H2,17,20,21)/t11-,14-/m1/s1. The highest BCUT2D eigenvalue weighted by Crippen LogP contribution is 2.22. The third kappa shape index (κ3) is 4.28. The summed E-state index contributed by atoms with van der Waals surface area (Å²) in [5.74, 6) is -0.372. The lowest BCUT2D eigenvalue weighted by atomic mass is 9.96. The average Bonchev–Trinajstić information content (AvgIpc) is 2.45. The predicted octanol–water partition coefficient (Wildman–Crippen LogP) is 0.817. The van der Waals surface area contributed by atoms with Crippen LogP contribution in [0.2, 0.25) is 0 Å². The molecule has 0 spiro atoms. The summed E-state index contributed by atoms with van der Waals surface area (Å²) in [5, 5.41) is 5.06. The van der Waals surface area contributed by atoms with Gasteiger partial charge in [-0.05, 0) is 43.9 Å². The van der Waals surface area contributed by atoms with Crippen molar-refractivity contribution in [2.75, 3.05) is 6.54 Å². The van der Waals surface area contributed by atoms with E-state index in [1.807, 2.05) is 11.8 Å². The summed E-state index contributed by atoms with van der Waals surface area (Å²) >= 11 is 0. The highest BCUT2D eigenvalue weighted by atomic mass is 32.2. The summed E-state index contributed by atoms with van der Waals surface area (Å²) < 4.78 is 22.4. The molecule has 0 saturated carbocycles. The molecule has 1 aromatic rings. The molecule has 0 aromatic heterocycles. The average molecular weight is 325 g/mol. The van der Waals surface area contributed by atoms with E-state index in [1.54, 1.807) is 24.3 Å². The SMILES string of the molecule is C[C@@H](N)[C@H]1CCCCN1C(=O)c1cccc(CS(N)(=O)=O)c1. The van der Waals surface area contributed by atoms with E-state index < -0.39 is 10.0 Å². The van der Waals surface area contributed by atoms with Crippen LogP contribution in [0.3, 0.4) is 0 Å². The Morgan fingerprint density at radius 2 is 2.14 bits per heavy atom. The Bertz CT molecular complexity index is 643. The summed E-state index contributed by atoms with van der Waals surface area (Å²) in [6, 6.07) is 6.57. The summed E-state index contributed by atoms with van der Waals surface area (Å²) in [5.41, 5.74) is 6.99. The molecule has 122 valence electrons. The van der Waals surface area contributed by atoms with Crippen molar-refractivity contribution in [3.05, 3.63) is 35.4 Å². The first kappa shape index (κ1) is 16.9. The van der Waals surface area contributed by atoms with E-state index in [1.165, 1.54) is 0 Å². The van der Waals surface area contributed by atoms with Crippen LogP contribution < -0.4 is 10.9 Å². The fourth-order valence-electron chi connectivity index (χ4n) is 2.95. The number of rotatable bonds is 4. The van der Waals surface area contributed by atoms with Gasteiger partial charge in [-0.25, -0.2) is 13.6 Å². The molecule has 22 heavy (non-hydrogen) atoms. The zero-order valence-corrected chi connectivity index (χ0v) is 13.6. The Labute approximate surface area is 131 Å². The normalized spacial score (nSPS) is 20.7. The summed E-state index contributed by atoms with van der Waals surface area (Å²) in [6.45, 7) is 2.60. The highest BCUT2D eigenvalue weighted by Gasteiger charge is 2.29. The molecule has 2 rings (SSSR count). The van der Waals surface area contributed by atoms with Crippen LogP contribution in [-0.4, -0.2) is 37.9 Å². The summed E-state index contributed by atoms with van der Waals surface area (Å²) in [4.78, 5) is 14.5. The Morgan fingerprint density at radius 1 is 1.41 bits per heavy atom. The zero-order chi connectivity index (χ0) is 16.3. The van der Waals surface area contributed by atoms with Gasteiger partial charge in [0, 0.05) is 24.2 Å². The smallest absolute Gasteiger partial charge is 0.254 e. The van der Waals surface area contributed by atoms with Gasteiger partial charge >= 0.3 is 0 Å². The van der Waals surface area contributed by atoms with E-state index in [0.29, 0.717) is 17.7 Å². The Kier molecular flexibility index (Phi) is 5.20. The van der Waals surface area contributed by atoms with Gasteiger partial charge in [-0.1, -0.05) is 12.1 Å². The van der Waals surface area contributed by atoms with Crippen molar-refractivity contribution >= 4 is 15.9 Å². The molecule has 6 nitrogen and oxygen atoms in total. The number of piperidine rings is 1. The number of primary sulfonamides is 1. The molecule has 1 aromatic carbocycles. The molecule has 1 heterocycles. The van der Waals surface area contributed by atoms with Crippen LogP contribution in [0.25, 0.3) is 0 Å². The van der Waals surface area contributed by atoms with E-state index >= 15 is 0 Å². The van der Waals surface area contributed by atoms with Crippen molar-refractivity contribution in [3.8, 4) is 0 Å². The third-order valence-electron chi connectivity index (χ3n) is 3.96. The predicted molar refractivity (Wildman–Crippen MR) is 85.6 cm³/mol. The molecule has 0 aliphatic carbocycles. The van der Waals surface area contributed by atoms with Crippen LogP contribution in [0.1, 0.15) is 42.1 Å². The second-order valence-electron chi connectivity index (χ2n) is 5.93. The third-order valence-corrected chi connectivity index (χ3v) is 4.69. The molecule has 0 unspecified atom stereocenters. The van der Waals surface area contributed by atoms with Crippen molar-refractivity contribution in [1.82, 2.24) is 4.90 Å². The largest absolute Gasteiger partial charge is 0.334 e. The minimum atomic E-state index is -3.61. The van der Waals surface area contributed by atoms with E-state index in [2.05, 4.69) is 0 Å². The molecule has 1 amide bonds. The number of hydrogen-bond acceptors (Lipinski definition) is 4. The molecule has 1 aliphatic heterocycles. The molecule has 4 N–H and O–H groups in total. The van der Waals surface area contributed by atoms with Crippen molar-refractivity contribution in [1.29, 1.82) is 0 Å². The van der Waals surface area contributed by atoms with Gasteiger partial charge in [0.05, 0.1) is 5.75 Å². The number of nitrogens with two attached hydrogens (primary N) is 2. The van der Waals surface area contributed by atoms with Gasteiger partial charge in [0.25, 0.3) is 5.91 Å². The van der Waals surface area contributed by atoms with Crippen LogP contribution in [-0.2, 0) is 15.8 Å². The van der Waals surface area contributed by atoms with Gasteiger partial charge in [0.15, 0.2) is 0 Å². The monoisotopic (exact) mass is 325 g/mol. The van der Waals surface area contributed by atoms with Gasteiger partial charge in [-0.3, -0.25) is 4.79 Å². The van der Waals surface area contributed by atoms with Crippen LogP contribution in [0, 0.1) is 0 Å². The fourth-order valence-corrected chi connectivity index (χ4v) is 3.59. The lowest BCUT2D eigenvalue weighted by Gasteiger charge is -2.38. The molecular weight excluding hydrogens is 302 g/mol. The van der Waals surface area contributed by atoms with Gasteiger partial charge in [0.2, 0.25) is 10.0 Å². The molecule has 0 bridgehead atoms. The van der Waals surface area contributed by atoms with E-state index in [-0.39, 0.29) is 23.7 Å². The van der Waals surface area contributed by atoms with Crippen molar-refractivity contribution < 1.29 is 13.2 Å². The first-order valence-corrected chi connectivity index (χ1v) is 9.15. The number of likely N-dealkylation sites (tertiary alicyclic amines) is 1. The van der Waals surface area contributed by atoms with Crippen LogP contribution >= 0.6 is 0 Å². The number of amides is 1. The van der Waals surface area contributed by atoms with E-state index in [0.717, 1.165) is 19.3 Å². The fraction of sp³-hybridized carbons (Fsp3) is 0.533. The van der Waals surface area contributed by atoms with Crippen LogP contribution in [0.15, 0.2) is 24.3 Å². The maximum atomic E-state index is 12.7. The first-order valence-electron chi connectivity index (χ1n) is 7.44. The van der Waals surface area contributed by atoms with Crippen molar-refractivity contribution in [2.24, 2.45) is 10.9 Å². The molecule has 1 saturated heterocycles. The molecule has 7 heteroatoms. The number of benzene rings is 1. The summed E-state index contributed by atoms with van der Waals surface area (Å²) in [6.07, 6.45) is 2.94. The van der Waals surface area contributed by atoms with Crippen LogP contribution in [0.5, 0.6) is 0 Å². The highest BCUT2D eigenvalue weighted by molar-refractivity contribution is 7.88. The topological polar surface area (TPSA) is 106 Å². The Balaban J connectivity index is 2.23. The first-order chi connectivity index (χ1) is 10.3.